The van der Waals surface area contributed by atoms with E-state index in [2.05, 4.69) is 48.2 Å². The van der Waals surface area contributed by atoms with Gasteiger partial charge >= 0.3 is 0 Å². The van der Waals surface area contributed by atoms with E-state index < -0.39 is 0 Å². The fourth-order valence-corrected chi connectivity index (χ4v) is 2.37. The highest BCUT2D eigenvalue weighted by Gasteiger charge is 2.11. The number of benzene rings is 2. The molecule has 0 aliphatic carbocycles. The van der Waals surface area contributed by atoms with Gasteiger partial charge in [-0.3, -0.25) is 0 Å². The lowest BCUT2D eigenvalue weighted by molar-refractivity contribution is 0.122. The second kappa shape index (κ2) is 4.38. The molecule has 2 aromatic carbocycles. The van der Waals surface area contributed by atoms with Crippen LogP contribution in [-0.4, -0.2) is 26.3 Å². The predicted octanol–water partition coefficient (Wildman–Crippen LogP) is 2.98. The summed E-state index contributed by atoms with van der Waals surface area (Å²) in [6.07, 6.45) is 0. The molecule has 1 aliphatic rings. The standard InChI is InChI=1S/C15H17NO/c1-12-2-3-14-11-15(5-4-13(14)10-12)16-6-8-17-9-7-16/h2-5,10-11H,6-9H2,1H3. The molecule has 0 amide bonds. The summed E-state index contributed by atoms with van der Waals surface area (Å²) in [7, 11) is 0. The summed E-state index contributed by atoms with van der Waals surface area (Å²) in [6.45, 7) is 5.81. The van der Waals surface area contributed by atoms with Gasteiger partial charge in [0.05, 0.1) is 13.2 Å². The van der Waals surface area contributed by atoms with E-state index in [1.54, 1.807) is 0 Å². The highest BCUT2D eigenvalue weighted by Crippen LogP contribution is 2.23. The Kier molecular flexibility index (Phi) is 2.73. The summed E-state index contributed by atoms with van der Waals surface area (Å²) in [5.41, 5.74) is 2.63. The van der Waals surface area contributed by atoms with Crippen LogP contribution in [-0.2, 0) is 4.74 Å². The van der Waals surface area contributed by atoms with Crippen LogP contribution in [0.1, 0.15) is 5.56 Å². The first-order valence-corrected chi connectivity index (χ1v) is 6.16. The van der Waals surface area contributed by atoms with Gasteiger partial charge in [0.15, 0.2) is 0 Å². The number of hydrogen-bond donors (Lipinski definition) is 0. The van der Waals surface area contributed by atoms with Gasteiger partial charge in [0.25, 0.3) is 0 Å². The van der Waals surface area contributed by atoms with Crippen molar-refractivity contribution in [1.29, 1.82) is 0 Å². The number of fused-ring (bicyclic) bond motifs is 1. The van der Waals surface area contributed by atoms with Crippen LogP contribution in [0.5, 0.6) is 0 Å². The van der Waals surface area contributed by atoms with E-state index in [1.165, 1.54) is 22.0 Å². The van der Waals surface area contributed by atoms with Crippen LogP contribution >= 0.6 is 0 Å². The van der Waals surface area contributed by atoms with Gasteiger partial charge in [0, 0.05) is 18.8 Å². The Morgan fingerprint density at radius 1 is 0.941 bits per heavy atom. The SMILES string of the molecule is Cc1ccc2cc(N3CCOCC3)ccc2c1. The summed E-state index contributed by atoms with van der Waals surface area (Å²) in [5, 5.41) is 2.64. The Hall–Kier alpha value is -1.54. The zero-order valence-corrected chi connectivity index (χ0v) is 10.1. The number of morpholine rings is 1. The molecule has 1 aliphatic heterocycles. The Morgan fingerprint density at radius 3 is 2.47 bits per heavy atom. The number of hydrogen-bond acceptors (Lipinski definition) is 2. The molecule has 0 N–H and O–H groups in total. The zero-order valence-electron chi connectivity index (χ0n) is 10.1. The third-order valence-corrected chi connectivity index (χ3v) is 3.36. The first-order valence-electron chi connectivity index (χ1n) is 6.16. The second-order valence-corrected chi connectivity index (χ2v) is 4.63. The predicted molar refractivity (Wildman–Crippen MR) is 71.7 cm³/mol. The van der Waals surface area contributed by atoms with Crippen molar-refractivity contribution in [3.8, 4) is 0 Å². The number of rotatable bonds is 1. The van der Waals surface area contributed by atoms with E-state index >= 15 is 0 Å². The molecule has 1 heterocycles. The number of anilines is 1. The van der Waals surface area contributed by atoms with E-state index in [9.17, 15) is 0 Å². The average Bonchev–Trinajstić information content (AvgIpc) is 2.39. The maximum Gasteiger partial charge on any atom is 0.0642 e. The van der Waals surface area contributed by atoms with E-state index in [0.717, 1.165) is 26.3 Å². The van der Waals surface area contributed by atoms with Crippen LogP contribution in [0.3, 0.4) is 0 Å². The molecule has 0 aromatic heterocycles. The number of ether oxygens (including phenoxy) is 1. The number of aryl methyl sites for hydroxylation is 1. The highest BCUT2D eigenvalue weighted by molar-refractivity contribution is 5.86. The summed E-state index contributed by atoms with van der Waals surface area (Å²) in [6, 6.07) is 13.3. The quantitative estimate of drug-likeness (QED) is 0.742. The van der Waals surface area contributed by atoms with Crippen molar-refractivity contribution >= 4 is 16.5 Å². The topological polar surface area (TPSA) is 12.5 Å². The summed E-state index contributed by atoms with van der Waals surface area (Å²) in [4.78, 5) is 2.39. The Labute approximate surface area is 102 Å². The van der Waals surface area contributed by atoms with Crippen molar-refractivity contribution < 1.29 is 4.74 Å². The van der Waals surface area contributed by atoms with Crippen LogP contribution in [0, 0.1) is 6.92 Å². The van der Waals surface area contributed by atoms with Gasteiger partial charge in [-0.15, -0.1) is 0 Å². The first kappa shape index (κ1) is 10.6. The molecule has 0 unspecified atom stereocenters. The van der Waals surface area contributed by atoms with Gasteiger partial charge in [-0.2, -0.15) is 0 Å². The zero-order chi connectivity index (χ0) is 11.7. The average molecular weight is 227 g/mol. The maximum absolute atomic E-state index is 5.38. The highest BCUT2D eigenvalue weighted by atomic mass is 16.5. The van der Waals surface area contributed by atoms with Crippen LogP contribution in [0.25, 0.3) is 10.8 Å². The van der Waals surface area contributed by atoms with E-state index in [-0.39, 0.29) is 0 Å². The van der Waals surface area contributed by atoms with Crippen molar-refractivity contribution in [3.63, 3.8) is 0 Å². The molecule has 2 heteroatoms. The van der Waals surface area contributed by atoms with Crippen LogP contribution in [0.2, 0.25) is 0 Å². The second-order valence-electron chi connectivity index (χ2n) is 4.63. The third-order valence-electron chi connectivity index (χ3n) is 3.36. The molecule has 1 fully saturated rings. The molecule has 3 rings (SSSR count). The van der Waals surface area contributed by atoms with Crippen molar-refractivity contribution in [2.45, 2.75) is 6.92 Å². The van der Waals surface area contributed by atoms with E-state index in [4.69, 9.17) is 4.74 Å². The molecule has 0 saturated carbocycles. The lowest BCUT2D eigenvalue weighted by atomic mass is 10.1. The van der Waals surface area contributed by atoms with Crippen molar-refractivity contribution in [2.24, 2.45) is 0 Å². The molecular weight excluding hydrogens is 210 g/mol. The minimum atomic E-state index is 0.839. The van der Waals surface area contributed by atoms with Gasteiger partial charge in [-0.1, -0.05) is 29.8 Å². The Morgan fingerprint density at radius 2 is 1.65 bits per heavy atom. The van der Waals surface area contributed by atoms with Crippen LogP contribution in [0.4, 0.5) is 5.69 Å². The Balaban J connectivity index is 1.98. The molecule has 17 heavy (non-hydrogen) atoms. The van der Waals surface area contributed by atoms with Crippen LogP contribution in [0.15, 0.2) is 36.4 Å². The molecule has 0 spiro atoms. The lowest BCUT2D eigenvalue weighted by Gasteiger charge is -2.29. The van der Waals surface area contributed by atoms with Crippen LogP contribution < -0.4 is 4.90 Å². The smallest absolute Gasteiger partial charge is 0.0642 e. The lowest BCUT2D eigenvalue weighted by Crippen LogP contribution is -2.36. The number of nitrogens with zero attached hydrogens (tertiary/aromatic N) is 1. The van der Waals surface area contributed by atoms with Gasteiger partial charge < -0.3 is 9.64 Å². The third kappa shape index (κ3) is 2.13. The Bertz CT molecular complexity index is 529. The normalized spacial score (nSPS) is 16.4. The summed E-state index contributed by atoms with van der Waals surface area (Å²) in [5.74, 6) is 0. The van der Waals surface area contributed by atoms with Gasteiger partial charge in [0.2, 0.25) is 0 Å². The molecular formula is C15H17NO. The first-order chi connectivity index (χ1) is 8.33. The molecule has 0 radical (unpaired) electrons. The van der Waals surface area contributed by atoms with Crippen molar-refractivity contribution in [2.75, 3.05) is 31.2 Å². The van der Waals surface area contributed by atoms with Gasteiger partial charge in [-0.25, -0.2) is 0 Å². The molecule has 88 valence electrons. The molecule has 2 nitrogen and oxygen atoms in total. The minimum absolute atomic E-state index is 0.839. The van der Waals surface area contributed by atoms with Gasteiger partial charge in [-0.05, 0) is 29.8 Å². The minimum Gasteiger partial charge on any atom is -0.378 e. The monoisotopic (exact) mass is 227 g/mol. The largest absolute Gasteiger partial charge is 0.378 e. The fourth-order valence-electron chi connectivity index (χ4n) is 2.37. The van der Waals surface area contributed by atoms with E-state index in [0.29, 0.717) is 0 Å². The van der Waals surface area contributed by atoms with Crippen molar-refractivity contribution in [1.82, 2.24) is 0 Å². The van der Waals surface area contributed by atoms with E-state index in [1.807, 2.05) is 0 Å². The molecule has 0 atom stereocenters. The van der Waals surface area contributed by atoms with Gasteiger partial charge in [0.1, 0.15) is 0 Å². The van der Waals surface area contributed by atoms with Crippen molar-refractivity contribution in [3.05, 3.63) is 42.0 Å². The summed E-state index contributed by atoms with van der Waals surface area (Å²) < 4.78 is 5.38. The maximum atomic E-state index is 5.38. The molecule has 2 aromatic rings. The fraction of sp³-hybridized carbons (Fsp3) is 0.333. The molecule has 1 saturated heterocycles. The summed E-state index contributed by atoms with van der Waals surface area (Å²) >= 11 is 0. The molecule has 0 bridgehead atoms.